The van der Waals surface area contributed by atoms with E-state index in [1.165, 1.54) is 11.3 Å². The standard InChI is InChI=1S/C15H18N2O2S/c1-2-12(15-16-8-9-20-15)17-14(19)10-13(18)11-6-4-3-5-7-11/h3-9,12-13,18H,2,10H2,1H3,(H,17,19). The van der Waals surface area contributed by atoms with Crippen molar-refractivity contribution in [1.82, 2.24) is 10.3 Å². The van der Waals surface area contributed by atoms with Gasteiger partial charge in [-0.25, -0.2) is 4.98 Å². The van der Waals surface area contributed by atoms with E-state index in [1.807, 2.05) is 42.6 Å². The third-order valence-electron chi connectivity index (χ3n) is 3.06. The maximum Gasteiger partial charge on any atom is 0.223 e. The largest absolute Gasteiger partial charge is 0.388 e. The fourth-order valence-electron chi connectivity index (χ4n) is 1.97. The Morgan fingerprint density at radius 3 is 2.75 bits per heavy atom. The van der Waals surface area contributed by atoms with Crippen LogP contribution in [0.15, 0.2) is 41.9 Å². The van der Waals surface area contributed by atoms with E-state index < -0.39 is 6.10 Å². The van der Waals surface area contributed by atoms with Crippen molar-refractivity contribution in [2.75, 3.05) is 0 Å². The number of aliphatic hydroxyl groups is 1. The average molecular weight is 290 g/mol. The van der Waals surface area contributed by atoms with Crippen molar-refractivity contribution in [3.63, 3.8) is 0 Å². The number of aliphatic hydroxyl groups excluding tert-OH is 1. The highest BCUT2D eigenvalue weighted by atomic mass is 32.1. The highest BCUT2D eigenvalue weighted by Crippen LogP contribution is 2.20. The molecule has 4 nitrogen and oxygen atoms in total. The molecular formula is C15H18N2O2S. The fraction of sp³-hybridized carbons (Fsp3) is 0.333. The highest BCUT2D eigenvalue weighted by molar-refractivity contribution is 7.09. The lowest BCUT2D eigenvalue weighted by atomic mass is 10.1. The molecule has 0 fully saturated rings. The van der Waals surface area contributed by atoms with Crippen molar-refractivity contribution >= 4 is 17.2 Å². The minimum absolute atomic E-state index is 0.0614. The van der Waals surface area contributed by atoms with E-state index in [9.17, 15) is 9.90 Å². The number of carbonyl (C=O) groups excluding carboxylic acids is 1. The number of nitrogens with zero attached hydrogens (tertiary/aromatic N) is 1. The van der Waals surface area contributed by atoms with Gasteiger partial charge in [0, 0.05) is 11.6 Å². The Bertz CT molecular complexity index is 528. The van der Waals surface area contributed by atoms with Crippen LogP contribution in [0.4, 0.5) is 0 Å². The number of carbonyl (C=O) groups is 1. The van der Waals surface area contributed by atoms with Crippen molar-refractivity contribution in [1.29, 1.82) is 0 Å². The minimum Gasteiger partial charge on any atom is -0.388 e. The molecule has 0 bridgehead atoms. The Hall–Kier alpha value is -1.72. The number of nitrogens with one attached hydrogen (secondary N) is 1. The molecule has 0 saturated heterocycles. The van der Waals surface area contributed by atoms with Crippen molar-refractivity contribution in [3.8, 4) is 0 Å². The average Bonchev–Trinajstić information content (AvgIpc) is 2.99. The maximum absolute atomic E-state index is 12.0. The zero-order valence-corrected chi connectivity index (χ0v) is 12.1. The van der Waals surface area contributed by atoms with Gasteiger partial charge in [0.25, 0.3) is 0 Å². The first kappa shape index (κ1) is 14.7. The van der Waals surface area contributed by atoms with Gasteiger partial charge in [-0.15, -0.1) is 11.3 Å². The summed E-state index contributed by atoms with van der Waals surface area (Å²) in [6.07, 6.45) is 1.80. The van der Waals surface area contributed by atoms with Gasteiger partial charge in [0.15, 0.2) is 0 Å². The Labute approximate surface area is 122 Å². The van der Waals surface area contributed by atoms with E-state index in [1.54, 1.807) is 6.20 Å². The summed E-state index contributed by atoms with van der Waals surface area (Å²) in [5.41, 5.74) is 0.755. The third-order valence-corrected chi connectivity index (χ3v) is 3.95. The number of hydrogen-bond acceptors (Lipinski definition) is 4. The van der Waals surface area contributed by atoms with Crippen LogP contribution in [-0.4, -0.2) is 16.0 Å². The van der Waals surface area contributed by atoms with Crippen LogP contribution in [0.2, 0.25) is 0 Å². The van der Waals surface area contributed by atoms with Crippen LogP contribution < -0.4 is 5.32 Å². The number of thiazole rings is 1. The van der Waals surface area contributed by atoms with Gasteiger partial charge in [-0.2, -0.15) is 0 Å². The summed E-state index contributed by atoms with van der Waals surface area (Å²) in [4.78, 5) is 16.2. The maximum atomic E-state index is 12.0. The molecule has 0 aliphatic rings. The second-order valence-corrected chi connectivity index (χ2v) is 5.46. The number of aromatic nitrogens is 1. The van der Waals surface area contributed by atoms with Gasteiger partial charge in [-0.3, -0.25) is 4.79 Å². The van der Waals surface area contributed by atoms with Crippen LogP contribution in [-0.2, 0) is 4.79 Å². The normalized spacial score (nSPS) is 13.7. The van der Waals surface area contributed by atoms with Crippen LogP contribution in [0.25, 0.3) is 0 Å². The molecule has 2 aromatic rings. The second-order valence-electron chi connectivity index (χ2n) is 4.53. The summed E-state index contributed by atoms with van der Waals surface area (Å²) < 4.78 is 0. The molecule has 20 heavy (non-hydrogen) atoms. The lowest BCUT2D eigenvalue weighted by Gasteiger charge is -2.16. The van der Waals surface area contributed by atoms with Crippen LogP contribution >= 0.6 is 11.3 Å². The van der Waals surface area contributed by atoms with Crippen molar-refractivity contribution in [2.24, 2.45) is 0 Å². The number of benzene rings is 1. The Kier molecular flexibility index (Phi) is 5.26. The van der Waals surface area contributed by atoms with Gasteiger partial charge >= 0.3 is 0 Å². The topological polar surface area (TPSA) is 62.2 Å². The molecule has 2 rings (SSSR count). The molecule has 2 atom stereocenters. The summed E-state index contributed by atoms with van der Waals surface area (Å²) in [7, 11) is 0. The third kappa shape index (κ3) is 3.88. The van der Waals surface area contributed by atoms with Crippen molar-refractivity contribution in [3.05, 3.63) is 52.5 Å². The predicted octanol–water partition coefficient (Wildman–Crippen LogP) is 2.83. The fourth-order valence-corrected chi connectivity index (χ4v) is 2.74. The first-order valence-corrected chi connectivity index (χ1v) is 7.50. The molecule has 106 valence electrons. The summed E-state index contributed by atoms with van der Waals surface area (Å²) in [6, 6.07) is 9.13. The van der Waals surface area contributed by atoms with Gasteiger partial charge < -0.3 is 10.4 Å². The van der Waals surface area contributed by atoms with Crippen LogP contribution in [0.3, 0.4) is 0 Å². The van der Waals surface area contributed by atoms with Crippen LogP contribution in [0.1, 0.15) is 42.5 Å². The minimum atomic E-state index is -0.773. The van der Waals surface area contributed by atoms with E-state index >= 15 is 0 Å². The summed E-state index contributed by atoms with van der Waals surface area (Å²) in [5.74, 6) is -0.164. The molecule has 1 aromatic carbocycles. The Balaban J connectivity index is 1.92. The molecule has 0 aliphatic carbocycles. The van der Waals surface area contributed by atoms with Gasteiger partial charge in [0.05, 0.1) is 18.6 Å². The van der Waals surface area contributed by atoms with E-state index in [0.29, 0.717) is 0 Å². The van der Waals surface area contributed by atoms with Crippen LogP contribution in [0, 0.1) is 0 Å². The molecule has 2 N–H and O–H groups in total. The monoisotopic (exact) mass is 290 g/mol. The quantitative estimate of drug-likeness (QED) is 0.860. The van der Waals surface area contributed by atoms with Crippen molar-refractivity contribution in [2.45, 2.75) is 31.9 Å². The lowest BCUT2D eigenvalue weighted by Crippen LogP contribution is -2.29. The molecule has 2 unspecified atom stereocenters. The molecule has 0 radical (unpaired) electrons. The molecule has 1 heterocycles. The summed E-state index contributed by atoms with van der Waals surface area (Å²) in [5, 5.41) is 15.7. The van der Waals surface area contributed by atoms with Gasteiger partial charge in [0.1, 0.15) is 5.01 Å². The number of rotatable bonds is 6. The van der Waals surface area contributed by atoms with E-state index in [-0.39, 0.29) is 18.4 Å². The SMILES string of the molecule is CCC(NC(=O)CC(O)c1ccccc1)c1nccs1. The van der Waals surface area contributed by atoms with Crippen molar-refractivity contribution < 1.29 is 9.90 Å². The smallest absolute Gasteiger partial charge is 0.223 e. The number of hydrogen-bond donors (Lipinski definition) is 2. The Morgan fingerprint density at radius 1 is 1.40 bits per heavy atom. The lowest BCUT2D eigenvalue weighted by molar-refractivity contribution is -0.123. The van der Waals surface area contributed by atoms with E-state index in [2.05, 4.69) is 10.3 Å². The first-order valence-electron chi connectivity index (χ1n) is 6.62. The molecular weight excluding hydrogens is 272 g/mol. The predicted molar refractivity (Wildman–Crippen MR) is 79.3 cm³/mol. The van der Waals surface area contributed by atoms with Gasteiger partial charge in [-0.1, -0.05) is 37.3 Å². The summed E-state index contributed by atoms with van der Waals surface area (Å²) in [6.45, 7) is 2.00. The van der Waals surface area contributed by atoms with E-state index in [0.717, 1.165) is 17.0 Å². The molecule has 0 aliphatic heterocycles. The molecule has 1 aromatic heterocycles. The molecule has 0 spiro atoms. The van der Waals surface area contributed by atoms with Gasteiger partial charge in [-0.05, 0) is 12.0 Å². The highest BCUT2D eigenvalue weighted by Gasteiger charge is 2.18. The Morgan fingerprint density at radius 2 is 2.15 bits per heavy atom. The van der Waals surface area contributed by atoms with Gasteiger partial charge in [0.2, 0.25) is 5.91 Å². The zero-order valence-electron chi connectivity index (χ0n) is 11.3. The van der Waals surface area contributed by atoms with E-state index in [4.69, 9.17) is 0 Å². The molecule has 1 amide bonds. The second kappa shape index (κ2) is 7.17. The summed E-state index contributed by atoms with van der Waals surface area (Å²) >= 11 is 1.52. The first-order chi connectivity index (χ1) is 9.70. The molecule has 5 heteroatoms. The molecule has 0 saturated carbocycles. The van der Waals surface area contributed by atoms with Crippen LogP contribution in [0.5, 0.6) is 0 Å². The number of amides is 1. The zero-order chi connectivity index (χ0) is 14.4.